The molecule has 1 aromatic heterocycles. The van der Waals surface area contributed by atoms with Gasteiger partial charge in [0.25, 0.3) is 0 Å². The number of hydrogen-bond acceptors (Lipinski definition) is 2. The second kappa shape index (κ2) is 4.70. The molecule has 6 heteroatoms. The maximum Gasteiger partial charge on any atom is 0.416 e. The molecule has 0 radical (unpaired) electrons. The SMILES string of the molecule is CCCNc1cc(C(F)(F)F)cc(Cl)n1. The normalized spacial score (nSPS) is 11.5. The van der Waals surface area contributed by atoms with Crippen LogP contribution in [0.15, 0.2) is 12.1 Å². The van der Waals surface area contributed by atoms with Gasteiger partial charge in [-0.15, -0.1) is 0 Å². The molecule has 1 rings (SSSR count). The summed E-state index contributed by atoms with van der Waals surface area (Å²) in [6.07, 6.45) is -3.59. The predicted molar refractivity (Wildman–Crippen MR) is 53.0 cm³/mol. The average Bonchev–Trinajstić information content (AvgIpc) is 2.12. The highest BCUT2D eigenvalue weighted by molar-refractivity contribution is 6.29. The molecule has 0 saturated carbocycles. The maximum atomic E-state index is 12.4. The molecule has 0 unspecified atom stereocenters. The van der Waals surface area contributed by atoms with Gasteiger partial charge in [-0.05, 0) is 18.6 Å². The molecule has 0 bridgehead atoms. The van der Waals surface area contributed by atoms with Crippen molar-refractivity contribution in [3.8, 4) is 0 Å². The summed E-state index contributed by atoms with van der Waals surface area (Å²) in [7, 11) is 0. The van der Waals surface area contributed by atoms with Crippen LogP contribution in [0.4, 0.5) is 19.0 Å². The molecule has 0 aliphatic rings. The minimum atomic E-state index is -4.39. The van der Waals surface area contributed by atoms with Crippen LogP contribution in [0.3, 0.4) is 0 Å². The Bertz CT molecular complexity index is 339. The molecule has 0 atom stereocenters. The molecule has 15 heavy (non-hydrogen) atoms. The molecule has 2 nitrogen and oxygen atoms in total. The molecule has 0 fully saturated rings. The Labute approximate surface area is 90.5 Å². The number of nitrogens with one attached hydrogen (secondary N) is 1. The highest BCUT2D eigenvalue weighted by Gasteiger charge is 2.31. The van der Waals surface area contributed by atoms with E-state index in [0.29, 0.717) is 6.54 Å². The van der Waals surface area contributed by atoms with Gasteiger partial charge in [-0.3, -0.25) is 0 Å². The zero-order valence-electron chi connectivity index (χ0n) is 8.03. The molecule has 0 saturated heterocycles. The fraction of sp³-hybridized carbons (Fsp3) is 0.444. The first-order chi connectivity index (χ1) is 6.93. The third-order valence-corrected chi connectivity index (χ3v) is 1.87. The lowest BCUT2D eigenvalue weighted by Crippen LogP contribution is -2.08. The Hall–Kier alpha value is -0.970. The van der Waals surface area contributed by atoms with Gasteiger partial charge in [-0.25, -0.2) is 4.98 Å². The van der Waals surface area contributed by atoms with E-state index in [2.05, 4.69) is 10.3 Å². The van der Waals surface area contributed by atoms with E-state index in [1.807, 2.05) is 6.92 Å². The summed E-state index contributed by atoms with van der Waals surface area (Å²) in [4.78, 5) is 3.74. The van der Waals surface area contributed by atoms with Crippen molar-refractivity contribution in [2.24, 2.45) is 0 Å². The molecular formula is C9H10ClF3N2. The predicted octanol–water partition coefficient (Wildman–Crippen LogP) is 3.58. The first-order valence-corrected chi connectivity index (χ1v) is 4.80. The van der Waals surface area contributed by atoms with Crippen molar-refractivity contribution in [3.05, 3.63) is 22.8 Å². The lowest BCUT2D eigenvalue weighted by Gasteiger charge is -2.10. The number of pyridine rings is 1. The van der Waals surface area contributed by atoms with E-state index < -0.39 is 11.7 Å². The first kappa shape index (κ1) is 12.1. The van der Waals surface area contributed by atoms with Crippen LogP contribution >= 0.6 is 11.6 Å². The zero-order chi connectivity index (χ0) is 11.5. The Kier molecular flexibility index (Phi) is 3.79. The number of nitrogens with zero attached hydrogens (tertiary/aromatic N) is 1. The number of hydrogen-bond donors (Lipinski definition) is 1. The van der Waals surface area contributed by atoms with Crippen LogP contribution in [-0.4, -0.2) is 11.5 Å². The largest absolute Gasteiger partial charge is 0.416 e. The molecule has 0 aliphatic heterocycles. The van der Waals surface area contributed by atoms with E-state index in [-0.39, 0.29) is 11.0 Å². The zero-order valence-corrected chi connectivity index (χ0v) is 8.78. The number of aromatic nitrogens is 1. The minimum absolute atomic E-state index is 0.150. The molecule has 84 valence electrons. The van der Waals surface area contributed by atoms with E-state index in [1.165, 1.54) is 0 Å². The number of alkyl halides is 3. The summed E-state index contributed by atoms with van der Waals surface area (Å²) in [5.74, 6) is 0.150. The number of halogens is 4. The van der Waals surface area contributed by atoms with E-state index in [1.54, 1.807) is 0 Å². The van der Waals surface area contributed by atoms with Gasteiger partial charge in [0.05, 0.1) is 5.56 Å². The van der Waals surface area contributed by atoms with Gasteiger partial charge >= 0.3 is 6.18 Å². The highest BCUT2D eigenvalue weighted by atomic mass is 35.5. The van der Waals surface area contributed by atoms with Gasteiger partial charge in [-0.2, -0.15) is 13.2 Å². The first-order valence-electron chi connectivity index (χ1n) is 4.42. The van der Waals surface area contributed by atoms with E-state index >= 15 is 0 Å². The third-order valence-electron chi connectivity index (χ3n) is 1.68. The second-order valence-electron chi connectivity index (χ2n) is 2.99. The lowest BCUT2D eigenvalue weighted by atomic mass is 10.2. The van der Waals surface area contributed by atoms with Crippen molar-refractivity contribution in [2.75, 3.05) is 11.9 Å². The Balaban J connectivity index is 2.95. The standard InChI is InChI=1S/C9H10ClF3N2/c1-2-3-14-8-5-6(9(11,12)13)4-7(10)15-8/h4-5H,2-3H2,1H3,(H,14,15). The van der Waals surface area contributed by atoms with Crippen LogP contribution < -0.4 is 5.32 Å². The van der Waals surface area contributed by atoms with E-state index in [9.17, 15) is 13.2 Å². The van der Waals surface area contributed by atoms with Crippen molar-refractivity contribution < 1.29 is 13.2 Å². The van der Waals surface area contributed by atoms with Crippen molar-refractivity contribution in [1.29, 1.82) is 0 Å². The molecular weight excluding hydrogens is 229 g/mol. The van der Waals surface area contributed by atoms with Gasteiger partial charge in [0.1, 0.15) is 11.0 Å². The summed E-state index contributed by atoms with van der Waals surface area (Å²) in [5, 5.41) is 2.59. The van der Waals surface area contributed by atoms with E-state index in [0.717, 1.165) is 18.6 Å². The quantitative estimate of drug-likeness (QED) is 0.815. The van der Waals surface area contributed by atoms with Crippen molar-refractivity contribution in [1.82, 2.24) is 4.98 Å². The van der Waals surface area contributed by atoms with Crippen LogP contribution in [0.25, 0.3) is 0 Å². The van der Waals surface area contributed by atoms with Crippen molar-refractivity contribution in [2.45, 2.75) is 19.5 Å². The van der Waals surface area contributed by atoms with Crippen LogP contribution in [0.2, 0.25) is 5.15 Å². The molecule has 0 aromatic carbocycles. The Morgan fingerprint density at radius 1 is 1.40 bits per heavy atom. The van der Waals surface area contributed by atoms with Crippen molar-refractivity contribution in [3.63, 3.8) is 0 Å². The van der Waals surface area contributed by atoms with Gasteiger partial charge in [-0.1, -0.05) is 18.5 Å². The molecule has 0 spiro atoms. The summed E-state index contributed by atoms with van der Waals surface area (Å²) in [6, 6.07) is 1.75. The smallest absolute Gasteiger partial charge is 0.370 e. The molecule has 1 aromatic rings. The van der Waals surface area contributed by atoms with Crippen molar-refractivity contribution >= 4 is 17.4 Å². The summed E-state index contributed by atoms with van der Waals surface area (Å²) in [5.41, 5.74) is -0.791. The lowest BCUT2D eigenvalue weighted by molar-refractivity contribution is -0.137. The average molecular weight is 239 g/mol. The van der Waals surface area contributed by atoms with Crippen LogP contribution in [0.5, 0.6) is 0 Å². The summed E-state index contributed by atoms with van der Waals surface area (Å²) >= 11 is 5.48. The van der Waals surface area contributed by atoms with Gasteiger partial charge in [0.2, 0.25) is 0 Å². The topological polar surface area (TPSA) is 24.9 Å². The van der Waals surface area contributed by atoms with E-state index in [4.69, 9.17) is 11.6 Å². The fourth-order valence-electron chi connectivity index (χ4n) is 1.00. The van der Waals surface area contributed by atoms with Crippen LogP contribution in [0.1, 0.15) is 18.9 Å². The molecule has 1 heterocycles. The Morgan fingerprint density at radius 3 is 2.60 bits per heavy atom. The monoisotopic (exact) mass is 238 g/mol. The maximum absolute atomic E-state index is 12.4. The molecule has 0 amide bonds. The van der Waals surface area contributed by atoms with Gasteiger partial charge < -0.3 is 5.32 Å². The summed E-state index contributed by atoms with van der Waals surface area (Å²) in [6.45, 7) is 2.47. The number of rotatable bonds is 3. The van der Waals surface area contributed by atoms with Gasteiger partial charge in [0.15, 0.2) is 0 Å². The third kappa shape index (κ3) is 3.58. The summed E-state index contributed by atoms with van der Waals surface area (Å²) < 4.78 is 37.1. The fourth-order valence-corrected chi connectivity index (χ4v) is 1.21. The molecule has 0 aliphatic carbocycles. The second-order valence-corrected chi connectivity index (χ2v) is 3.38. The Morgan fingerprint density at radius 2 is 2.07 bits per heavy atom. The van der Waals surface area contributed by atoms with Gasteiger partial charge in [0, 0.05) is 6.54 Å². The number of anilines is 1. The minimum Gasteiger partial charge on any atom is -0.370 e. The van der Waals surface area contributed by atoms with Crippen LogP contribution in [-0.2, 0) is 6.18 Å². The van der Waals surface area contributed by atoms with Crippen LogP contribution in [0, 0.1) is 0 Å². The highest BCUT2D eigenvalue weighted by Crippen LogP contribution is 2.31. The molecule has 1 N–H and O–H groups in total.